The summed E-state index contributed by atoms with van der Waals surface area (Å²) >= 11 is 0. The summed E-state index contributed by atoms with van der Waals surface area (Å²) in [6.07, 6.45) is 2.32. The van der Waals surface area contributed by atoms with Crippen molar-refractivity contribution < 1.29 is 14.3 Å². The third kappa shape index (κ3) is 4.90. The molecule has 0 aliphatic carbocycles. The first-order valence-corrected chi connectivity index (χ1v) is 6.16. The minimum Gasteiger partial charge on any atom is -0.456 e. The van der Waals surface area contributed by atoms with Crippen LogP contribution < -0.4 is 0 Å². The molecule has 100 valence electrons. The Bertz CT molecular complexity index is 279. The molecule has 0 aromatic rings. The third-order valence-corrected chi connectivity index (χ3v) is 3.42. The number of hydrogen-bond donors (Lipinski definition) is 0. The van der Waals surface area contributed by atoms with Crippen molar-refractivity contribution in [3.8, 4) is 0 Å². The van der Waals surface area contributed by atoms with Crippen LogP contribution >= 0.6 is 0 Å². The Morgan fingerprint density at radius 3 is 1.94 bits per heavy atom. The van der Waals surface area contributed by atoms with E-state index in [1.54, 1.807) is 14.0 Å². The molecule has 0 rings (SSSR count). The van der Waals surface area contributed by atoms with E-state index in [9.17, 15) is 4.79 Å². The largest absolute Gasteiger partial charge is 0.456 e. The first-order valence-electron chi connectivity index (χ1n) is 6.16. The SMILES string of the molecule is C=C(C)C(=O)OC(C)(CC)CC(C)(CC)OC. The summed E-state index contributed by atoms with van der Waals surface area (Å²) < 4.78 is 11.0. The highest BCUT2D eigenvalue weighted by molar-refractivity contribution is 5.87. The summed E-state index contributed by atoms with van der Waals surface area (Å²) in [4.78, 5) is 11.6. The maximum atomic E-state index is 11.6. The van der Waals surface area contributed by atoms with E-state index >= 15 is 0 Å². The Hall–Kier alpha value is -0.830. The molecule has 0 radical (unpaired) electrons. The second-order valence-corrected chi connectivity index (χ2v) is 5.16. The van der Waals surface area contributed by atoms with E-state index in [4.69, 9.17) is 9.47 Å². The van der Waals surface area contributed by atoms with Gasteiger partial charge in [0.1, 0.15) is 5.60 Å². The van der Waals surface area contributed by atoms with E-state index in [2.05, 4.69) is 13.5 Å². The van der Waals surface area contributed by atoms with Gasteiger partial charge in [-0.15, -0.1) is 0 Å². The Balaban J connectivity index is 4.79. The van der Waals surface area contributed by atoms with Crippen LogP contribution in [0.3, 0.4) is 0 Å². The lowest BCUT2D eigenvalue weighted by atomic mass is 9.85. The Kier molecular flexibility index (Phi) is 5.89. The van der Waals surface area contributed by atoms with Crippen molar-refractivity contribution in [2.45, 2.75) is 65.1 Å². The summed E-state index contributed by atoms with van der Waals surface area (Å²) in [5.74, 6) is -0.330. The van der Waals surface area contributed by atoms with Gasteiger partial charge in [-0.25, -0.2) is 4.79 Å². The van der Waals surface area contributed by atoms with Gasteiger partial charge in [0.15, 0.2) is 0 Å². The molecule has 0 heterocycles. The molecule has 2 atom stereocenters. The van der Waals surface area contributed by atoms with Crippen molar-refractivity contribution in [3.05, 3.63) is 12.2 Å². The van der Waals surface area contributed by atoms with Gasteiger partial charge >= 0.3 is 5.97 Å². The lowest BCUT2D eigenvalue weighted by Gasteiger charge is -2.37. The van der Waals surface area contributed by atoms with Gasteiger partial charge in [-0.3, -0.25) is 0 Å². The van der Waals surface area contributed by atoms with E-state index in [0.717, 1.165) is 12.8 Å². The topological polar surface area (TPSA) is 35.5 Å². The van der Waals surface area contributed by atoms with E-state index in [0.29, 0.717) is 12.0 Å². The van der Waals surface area contributed by atoms with Crippen LogP contribution in [0.2, 0.25) is 0 Å². The Morgan fingerprint density at radius 2 is 1.65 bits per heavy atom. The number of ether oxygens (including phenoxy) is 2. The Morgan fingerprint density at radius 1 is 1.18 bits per heavy atom. The first-order chi connectivity index (χ1) is 7.72. The van der Waals surface area contributed by atoms with Crippen LogP contribution in [0, 0.1) is 0 Å². The highest BCUT2D eigenvalue weighted by atomic mass is 16.6. The van der Waals surface area contributed by atoms with Gasteiger partial charge in [0.2, 0.25) is 0 Å². The third-order valence-electron chi connectivity index (χ3n) is 3.42. The van der Waals surface area contributed by atoms with Crippen molar-refractivity contribution in [2.24, 2.45) is 0 Å². The van der Waals surface area contributed by atoms with Crippen LogP contribution in [-0.2, 0) is 14.3 Å². The molecular formula is C14H26O3. The second-order valence-electron chi connectivity index (χ2n) is 5.16. The van der Waals surface area contributed by atoms with Crippen LogP contribution in [0.1, 0.15) is 53.9 Å². The molecule has 0 spiro atoms. The summed E-state index contributed by atoms with van der Waals surface area (Å²) in [5, 5.41) is 0. The standard InChI is InChI=1S/C14H26O3/c1-8-13(5,16-7)10-14(6,9-2)17-12(15)11(3)4/h3,8-10H2,1-2,4-7H3. The monoisotopic (exact) mass is 242 g/mol. The molecular weight excluding hydrogens is 216 g/mol. The fraction of sp³-hybridized carbons (Fsp3) is 0.786. The average Bonchev–Trinajstić information content (AvgIpc) is 2.28. The van der Waals surface area contributed by atoms with Crippen molar-refractivity contribution in [2.75, 3.05) is 7.11 Å². The predicted molar refractivity (Wildman–Crippen MR) is 69.9 cm³/mol. The zero-order valence-electron chi connectivity index (χ0n) is 12.1. The molecule has 2 unspecified atom stereocenters. The average molecular weight is 242 g/mol. The molecule has 0 bridgehead atoms. The maximum absolute atomic E-state index is 11.6. The number of esters is 1. The van der Waals surface area contributed by atoms with Crippen LogP contribution in [0.5, 0.6) is 0 Å². The molecule has 0 amide bonds. The lowest BCUT2D eigenvalue weighted by molar-refractivity contribution is -0.161. The summed E-state index contributed by atoms with van der Waals surface area (Å²) in [7, 11) is 1.69. The molecule has 17 heavy (non-hydrogen) atoms. The number of methoxy groups -OCH3 is 1. The highest BCUT2D eigenvalue weighted by Crippen LogP contribution is 2.31. The first kappa shape index (κ1) is 16.2. The molecule has 0 aliphatic rings. The van der Waals surface area contributed by atoms with Gasteiger partial charge in [-0.2, -0.15) is 0 Å². The molecule has 3 nitrogen and oxygen atoms in total. The van der Waals surface area contributed by atoms with Gasteiger partial charge in [0.25, 0.3) is 0 Å². The minimum absolute atomic E-state index is 0.264. The quantitative estimate of drug-likeness (QED) is 0.506. The smallest absolute Gasteiger partial charge is 0.333 e. The van der Waals surface area contributed by atoms with Crippen LogP contribution in [-0.4, -0.2) is 24.3 Å². The molecule has 0 aromatic carbocycles. The number of rotatable bonds is 7. The fourth-order valence-corrected chi connectivity index (χ4v) is 1.68. The molecule has 0 saturated carbocycles. The summed E-state index contributed by atoms with van der Waals surface area (Å²) in [5.41, 5.74) is -0.336. The minimum atomic E-state index is -0.503. The molecule has 0 N–H and O–H groups in total. The molecule has 0 fully saturated rings. The van der Waals surface area contributed by atoms with Gasteiger partial charge in [0, 0.05) is 19.1 Å². The molecule has 0 aromatic heterocycles. The molecule has 3 heteroatoms. The lowest BCUT2D eigenvalue weighted by Crippen LogP contribution is -2.41. The fourth-order valence-electron chi connectivity index (χ4n) is 1.68. The molecule has 0 saturated heterocycles. The normalized spacial score (nSPS) is 18.0. The number of carbonyl (C=O) groups is 1. The number of hydrogen-bond acceptors (Lipinski definition) is 3. The van der Waals surface area contributed by atoms with Crippen molar-refractivity contribution in [1.29, 1.82) is 0 Å². The summed E-state index contributed by atoms with van der Waals surface area (Å²) in [6, 6.07) is 0. The van der Waals surface area contributed by atoms with E-state index < -0.39 is 5.60 Å². The second kappa shape index (κ2) is 6.20. The van der Waals surface area contributed by atoms with Gasteiger partial charge in [-0.1, -0.05) is 20.4 Å². The van der Waals surface area contributed by atoms with Crippen LogP contribution in [0.25, 0.3) is 0 Å². The molecule has 0 aliphatic heterocycles. The van der Waals surface area contributed by atoms with Crippen molar-refractivity contribution >= 4 is 5.97 Å². The van der Waals surface area contributed by atoms with E-state index in [1.807, 2.05) is 20.8 Å². The Labute approximate surface area is 105 Å². The van der Waals surface area contributed by atoms with Crippen molar-refractivity contribution in [3.63, 3.8) is 0 Å². The summed E-state index contributed by atoms with van der Waals surface area (Å²) in [6.45, 7) is 13.3. The van der Waals surface area contributed by atoms with Crippen LogP contribution in [0.15, 0.2) is 12.2 Å². The highest BCUT2D eigenvalue weighted by Gasteiger charge is 2.36. The maximum Gasteiger partial charge on any atom is 0.333 e. The zero-order chi connectivity index (χ0) is 13.7. The predicted octanol–water partition coefficient (Wildman–Crippen LogP) is 3.48. The van der Waals surface area contributed by atoms with E-state index in [1.165, 1.54) is 0 Å². The van der Waals surface area contributed by atoms with Gasteiger partial charge in [-0.05, 0) is 33.6 Å². The number of carbonyl (C=O) groups excluding carboxylic acids is 1. The van der Waals surface area contributed by atoms with Gasteiger partial charge in [0.05, 0.1) is 5.60 Å². The van der Waals surface area contributed by atoms with Crippen molar-refractivity contribution in [1.82, 2.24) is 0 Å². The zero-order valence-corrected chi connectivity index (χ0v) is 12.1. The van der Waals surface area contributed by atoms with Crippen LogP contribution in [0.4, 0.5) is 0 Å². The van der Waals surface area contributed by atoms with Gasteiger partial charge < -0.3 is 9.47 Å². The van der Waals surface area contributed by atoms with E-state index in [-0.39, 0.29) is 11.6 Å².